The number of pyridine rings is 1. The van der Waals surface area contributed by atoms with Crippen molar-refractivity contribution in [2.75, 3.05) is 36.3 Å². The lowest BCUT2D eigenvalue weighted by Gasteiger charge is -2.39. The van der Waals surface area contributed by atoms with E-state index in [2.05, 4.69) is 73.7 Å². The van der Waals surface area contributed by atoms with Crippen molar-refractivity contribution in [1.82, 2.24) is 10.3 Å². The maximum absolute atomic E-state index is 4.71. The molecule has 1 saturated carbocycles. The third-order valence-electron chi connectivity index (χ3n) is 5.84. The first-order valence-corrected chi connectivity index (χ1v) is 10.9. The average Bonchev–Trinajstić information content (AvgIpc) is 3.25. The summed E-state index contributed by atoms with van der Waals surface area (Å²) in [5, 5.41) is 6.73. The molecule has 0 aliphatic heterocycles. The first kappa shape index (κ1) is 22.9. The molecule has 2 rings (SSSR count). The second-order valence-electron chi connectivity index (χ2n) is 7.84. The Hall–Kier alpha value is -2.43. The Kier molecular flexibility index (Phi) is 8.62. The molecule has 1 aliphatic rings. The molecule has 1 aromatic heterocycles. The van der Waals surface area contributed by atoms with Gasteiger partial charge in [0.25, 0.3) is 0 Å². The Morgan fingerprint density at radius 1 is 1.24 bits per heavy atom. The minimum absolute atomic E-state index is 0.311. The van der Waals surface area contributed by atoms with E-state index in [0.717, 1.165) is 35.7 Å². The number of hydrogen-bond acceptors (Lipinski definition) is 5. The fourth-order valence-electron chi connectivity index (χ4n) is 4.22. The first-order valence-electron chi connectivity index (χ1n) is 10.9. The van der Waals surface area contributed by atoms with Crippen LogP contribution in [0, 0.1) is 0 Å². The highest BCUT2D eigenvalue weighted by Gasteiger charge is 2.29. The molecule has 5 nitrogen and oxygen atoms in total. The topological polar surface area (TPSA) is 43.4 Å². The summed E-state index contributed by atoms with van der Waals surface area (Å²) in [6, 6.07) is 3.05. The molecule has 0 bridgehead atoms. The molecule has 1 fully saturated rings. The summed E-state index contributed by atoms with van der Waals surface area (Å²) in [6.07, 6.45) is 13.0. The number of allylic oxidation sites excluding steroid dienone is 2. The molecule has 0 spiro atoms. The van der Waals surface area contributed by atoms with Gasteiger partial charge in [0, 0.05) is 39.3 Å². The van der Waals surface area contributed by atoms with Crippen molar-refractivity contribution in [3.63, 3.8) is 0 Å². The molecule has 29 heavy (non-hydrogen) atoms. The van der Waals surface area contributed by atoms with E-state index in [1.54, 1.807) is 0 Å². The molecule has 0 radical (unpaired) electrons. The van der Waals surface area contributed by atoms with Gasteiger partial charge in [-0.3, -0.25) is 0 Å². The van der Waals surface area contributed by atoms with Crippen molar-refractivity contribution >= 4 is 17.2 Å². The Morgan fingerprint density at radius 3 is 2.41 bits per heavy atom. The van der Waals surface area contributed by atoms with Crippen molar-refractivity contribution in [3.05, 3.63) is 49.0 Å². The van der Waals surface area contributed by atoms with Crippen molar-refractivity contribution in [1.29, 1.82) is 0 Å². The lowest BCUT2D eigenvalue weighted by atomic mass is 10.1. The van der Waals surface area contributed by atoms with Crippen molar-refractivity contribution in [2.45, 2.75) is 64.5 Å². The summed E-state index contributed by atoms with van der Waals surface area (Å²) in [7, 11) is 6.09. The Morgan fingerprint density at radius 2 is 1.93 bits per heavy atom. The lowest BCUT2D eigenvalue weighted by Crippen LogP contribution is -2.41. The molecule has 0 aromatic carbocycles. The van der Waals surface area contributed by atoms with Gasteiger partial charge in [0.05, 0.1) is 17.6 Å². The third-order valence-corrected chi connectivity index (χ3v) is 5.84. The second-order valence-corrected chi connectivity index (χ2v) is 7.84. The summed E-state index contributed by atoms with van der Waals surface area (Å²) >= 11 is 0. The van der Waals surface area contributed by atoms with E-state index < -0.39 is 0 Å². The molecule has 0 amide bonds. The highest BCUT2D eigenvalue weighted by atomic mass is 15.2. The van der Waals surface area contributed by atoms with Crippen LogP contribution in [0.25, 0.3) is 0 Å². The van der Waals surface area contributed by atoms with Crippen LogP contribution in [0.3, 0.4) is 0 Å². The Balaban J connectivity index is 2.54. The molecule has 1 atom stereocenters. The third kappa shape index (κ3) is 5.34. The molecule has 2 N–H and O–H groups in total. The molecule has 0 saturated heterocycles. The zero-order valence-corrected chi connectivity index (χ0v) is 19.0. The number of aromatic nitrogens is 1. The second kappa shape index (κ2) is 10.9. The van der Waals surface area contributed by atoms with Crippen LogP contribution in [0.15, 0.2) is 49.0 Å². The van der Waals surface area contributed by atoms with Crippen LogP contribution in [0.1, 0.15) is 52.4 Å². The molecule has 1 unspecified atom stereocenters. The highest BCUT2D eigenvalue weighted by Crippen LogP contribution is 2.38. The van der Waals surface area contributed by atoms with Gasteiger partial charge in [0.2, 0.25) is 0 Å². The quantitative estimate of drug-likeness (QED) is 0.392. The minimum atomic E-state index is 0.311. The zero-order valence-electron chi connectivity index (χ0n) is 19.0. The summed E-state index contributed by atoms with van der Waals surface area (Å²) in [5.41, 5.74) is 3.49. The molecule has 160 valence electrons. The van der Waals surface area contributed by atoms with Crippen LogP contribution in [-0.2, 0) is 0 Å². The Labute approximate surface area is 177 Å². The standard InChI is InChI=1S/C24H39N5/c1-8-18(9-2)24(25-5)27-23-16-21(22(17-26-23)28(6)7)29(19(10-3)11-4)20-14-12-13-15-20/h8,10,16-17,19-20,25H,1,3,9,11-15H2,2,4-7H3,(H,26,27)/b24-18-. The van der Waals surface area contributed by atoms with E-state index in [0.29, 0.717) is 12.1 Å². The molecular weight excluding hydrogens is 358 g/mol. The normalized spacial score (nSPS) is 16.0. The van der Waals surface area contributed by atoms with Gasteiger partial charge in [-0.25, -0.2) is 4.98 Å². The Bertz CT molecular complexity index is 716. The number of hydrogen-bond donors (Lipinski definition) is 2. The minimum Gasteiger partial charge on any atom is -0.375 e. The van der Waals surface area contributed by atoms with Gasteiger partial charge >= 0.3 is 0 Å². The number of anilines is 3. The van der Waals surface area contributed by atoms with Crippen LogP contribution in [0.4, 0.5) is 17.2 Å². The zero-order chi connectivity index (χ0) is 21.4. The van der Waals surface area contributed by atoms with Crippen LogP contribution in [0.5, 0.6) is 0 Å². The fourth-order valence-corrected chi connectivity index (χ4v) is 4.22. The van der Waals surface area contributed by atoms with Crippen molar-refractivity contribution in [2.24, 2.45) is 0 Å². The number of rotatable bonds is 11. The van der Waals surface area contributed by atoms with E-state index in [-0.39, 0.29) is 0 Å². The summed E-state index contributed by atoms with van der Waals surface area (Å²) in [6.45, 7) is 12.4. The summed E-state index contributed by atoms with van der Waals surface area (Å²) < 4.78 is 0. The van der Waals surface area contributed by atoms with Gasteiger partial charge in [-0.15, -0.1) is 6.58 Å². The monoisotopic (exact) mass is 397 g/mol. The summed E-state index contributed by atoms with van der Waals surface area (Å²) in [4.78, 5) is 9.44. The van der Waals surface area contributed by atoms with E-state index in [1.165, 1.54) is 31.4 Å². The van der Waals surface area contributed by atoms with E-state index in [4.69, 9.17) is 4.98 Å². The lowest BCUT2D eigenvalue weighted by molar-refractivity contribution is 0.548. The maximum Gasteiger partial charge on any atom is 0.133 e. The van der Waals surface area contributed by atoms with Gasteiger partial charge in [-0.1, -0.05) is 45.4 Å². The molecular formula is C24H39N5. The average molecular weight is 398 g/mol. The van der Waals surface area contributed by atoms with Gasteiger partial charge in [0.15, 0.2) is 0 Å². The first-order chi connectivity index (χ1) is 14.0. The van der Waals surface area contributed by atoms with E-state index in [1.807, 2.05) is 19.3 Å². The van der Waals surface area contributed by atoms with Crippen LogP contribution in [0.2, 0.25) is 0 Å². The van der Waals surface area contributed by atoms with Crippen molar-refractivity contribution < 1.29 is 0 Å². The molecule has 1 aliphatic carbocycles. The maximum atomic E-state index is 4.71. The SMILES string of the molecule is C=C/C(CC)=C(\NC)Nc1cc(N(C(C=C)CC)C2CCCC2)c(N(C)C)cn1. The van der Waals surface area contributed by atoms with Gasteiger partial charge in [-0.2, -0.15) is 0 Å². The fraction of sp³-hybridized carbons (Fsp3) is 0.542. The van der Waals surface area contributed by atoms with Crippen LogP contribution < -0.4 is 20.4 Å². The molecule has 1 aromatic rings. The van der Waals surface area contributed by atoms with Crippen LogP contribution in [-0.4, -0.2) is 38.2 Å². The predicted octanol–water partition coefficient (Wildman–Crippen LogP) is 5.30. The van der Waals surface area contributed by atoms with Gasteiger partial charge < -0.3 is 20.4 Å². The van der Waals surface area contributed by atoms with Crippen LogP contribution >= 0.6 is 0 Å². The van der Waals surface area contributed by atoms with E-state index in [9.17, 15) is 0 Å². The molecule has 5 heteroatoms. The summed E-state index contributed by atoms with van der Waals surface area (Å²) in [5.74, 6) is 1.78. The van der Waals surface area contributed by atoms with Gasteiger partial charge in [-0.05, 0) is 31.3 Å². The van der Waals surface area contributed by atoms with Crippen molar-refractivity contribution in [3.8, 4) is 0 Å². The highest BCUT2D eigenvalue weighted by molar-refractivity contribution is 5.74. The number of nitrogens with one attached hydrogen (secondary N) is 2. The smallest absolute Gasteiger partial charge is 0.133 e. The van der Waals surface area contributed by atoms with E-state index >= 15 is 0 Å². The molecule has 1 heterocycles. The number of nitrogens with zero attached hydrogens (tertiary/aromatic N) is 3. The predicted molar refractivity (Wildman–Crippen MR) is 128 cm³/mol. The van der Waals surface area contributed by atoms with Gasteiger partial charge in [0.1, 0.15) is 11.6 Å². The largest absolute Gasteiger partial charge is 0.375 e.